The predicted octanol–water partition coefficient (Wildman–Crippen LogP) is 7.16. The number of hydrogen-bond donors (Lipinski definition) is 3. The molecule has 5 atom stereocenters. The summed E-state index contributed by atoms with van der Waals surface area (Å²) in [4.78, 5) is 40.5. The number of carbonyl (C=O) groups is 3. The van der Waals surface area contributed by atoms with Gasteiger partial charge in [0.25, 0.3) is 0 Å². The number of halogens is 1. The van der Waals surface area contributed by atoms with E-state index >= 15 is 0 Å². The highest BCUT2D eigenvalue weighted by molar-refractivity contribution is 7.97. The SMILES string of the molecule is CN1Sc2cc(S(=O)(=O)NCc3ccccc3)c(Cl)cc2NC1CCCCCP(=O)(CC(=O)N1[C@@H]2CCCC[C@@H]2C[C@H]1C(=O)O)OCOC(=O)C(C)(C)C. The number of aliphatic carboxylic acids is 1. The average molecular weight is 827 g/mol. The molecular weight excluding hydrogens is 775 g/mol. The van der Waals surface area contributed by atoms with Crippen molar-refractivity contribution in [1.82, 2.24) is 13.9 Å². The molecule has 2 fully saturated rings. The van der Waals surface area contributed by atoms with Gasteiger partial charge < -0.3 is 20.1 Å². The Morgan fingerprint density at radius 1 is 1.09 bits per heavy atom. The first-order valence-electron chi connectivity index (χ1n) is 18.5. The van der Waals surface area contributed by atoms with E-state index in [0.29, 0.717) is 25.7 Å². The number of esters is 1. The number of fused-ring (bicyclic) bond motifs is 2. The molecule has 2 aromatic rings. The van der Waals surface area contributed by atoms with E-state index in [1.807, 2.05) is 41.7 Å². The summed E-state index contributed by atoms with van der Waals surface area (Å²) < 4.78 is 56.2. The summed E-state index contributed by atoms with van der Waals surface area (Å²) in [5.74, 6) is -1.97. The number of amides is 1. The first-order valence-corrected chi connectivity index (χ1v) is 23.1. The molecule has 0 radical (unpaired) electrons. The number of benzene rings is 2. The van der Waals surface area contributed by atoms with Gasteiger partial charge in [-0.2, -0.15) is 0 Å². The van der Waals surface area contributed by atoms with Crippen molar-refractivity contribution < 1.29 is 41.7 Å². The second kappa shape index (κ2) is 18.1. The Balaban J connectivity index is 1.17. The van der Waals surface area contributed by atoms with Gasteiger partial charge in [-0.1, -0.05) is 67.6 Å². The van der Waals surface area contributed by atoms with Crippen molar-refractivity contribution in [2.24, 2.45) is 11.3 Å². The van der Waals surface area contributed by atoms with Gasteiger partial charge in [0.1, 0.15) is 17.1 Å². The molecule has 2 aliphatic heterocycles. The summed E-state index contributed by atoms with van der Waals surface area (Å²) in [7, 11) is -5.64. The second-order valence-corrected chi connectivity index (χ2v) is 21.4. The third kappa shape index (κ3) is 10.8. The lowest BCUT2D eigenvalue weighted by Gasteiger charge is -2.35. The molecule has 3 aliphatic rings. The molecule has 5 rings (SSSR count). The van der Waals surface area contributed by atoms with Crippen LogP contribution in [0.3, 0.4) is 0 Å². The van der Waals surface area contributed by atoms with Crippen molar-refractivity contribution in [3.05, 3.63) is 53.1 Å². The smallest absolute Gasteiger partial charge is 0.326 e. The lowest BCUT2D eigenvalue weighted by molar-refractivity contribution is -0.159. The van der Waals surface area contributed by atoms with Crippen LogP contribution in [-0.4, -0.2) is 85.0 Å². The van der Waals surface area contributed by atoms with Crippen molar-refractivity contribution in [3.8, 4) is 0 Å². The molecule has 1 saturated carbocycles. The zero-order chi connectivity index (χ0) is 39.3. The number of likely N-dealkylation sites (tertiary alicyclic amines) is 1. The molecule has 298 valence electrons. The number of sulfonamides is 1. The van der Waals surface area contributed by atoms with Crippen molar-refractivity contribution >= 4 is 64.5 Å². The van der Waals surface area contributed by atoms with Crippen LogP contribution >= 0.6 is 30.9 Å². The number of ether oxygens (including phenoxy) is 1. The van der Waals surface area contributed by atoms with E-state index in [1.54, 1.807) is 32.9 Å². The molecule has 0 spiro atoms. The Kier molecular flexibility index (Phi) is 14.2. The molecule has 2 heterocycles. The minimum atomic E-state index is -3.88. The molecular formula is C37H52ClN4O9PS2. The molecule has 1 amide bonds. The fourth-order valence-corrected chi connectivity index (χ4v) is 11.8. The minimum absolute atomic E-state index is 0.0000656. The van der Waals surface area contributed by atoms with Crippen LogP contribution in [0.4, 0.5) is 5.69 Å². The fraction of sp³-hybridized carbons (Fsp3) is 0.595. The summed E-state index contributed by atoms with van der Waals surface area (Å²) in [6.45, 7) is 4.65. The highest BCUT2D eigenvalue weighted by Crippen LogP contribution is 2.50. The van der Waals surface area contributed by atoms with Gasteiger partial charge in [-0.05, 0) is 95.5 Å². The predicted molar refractivity (Wildman–Crippen MR) is 209 cm³/mol. The highest BCUT2D eigenvalue weighted by Gasteiger charge is 2.48. The van der Waals surface area contributed by atoms with E-state index in [-0.39, 0.29) is 40.8 Å². The summed E-state index contributed by atoms with van der Waals surface area (Å²) in [5, 5.41) is 13.5. The lowest BCUT2D eigenvalue weighted by Crippen LogP contribution is -2.47. The van der Waals surface area contributed by atoms with Gasteiger partial charge in [0.15, 0.2) is 6.79 Å². The molecule has 0 aromatic heterocycles. The van der Waals surface area contributed by atoms with Crippen molar-refractivity contribution in [2.75, 3.05) is 31.5 Å². The van der Waals surface area contributed by atoms with E-state index in [2.05, 4.69) is 10.0 Å². The van der Waals surface area contributed by atoms with Crippen LogP contribution in [0, 0.1) is 11.3 Å². The maximum Gasteiger partial charge on any atom is 0.326 e. The molecule has 13 nitrogen and oxygen atoms in total. The number of carbonyl (C=O) groups excluding carboxylic acids is 2. The van der Waals surface area contributed by atoms with Crippen molar-refractivity contribution in [2.45, 2.75) is 113 Å². The number of carboxylic acids is 1. The maximum atomic E-state index is 14.3. The van der Waals surface area contributed by atoms with Crippen LogP contribution in [0.15, 0.2) is 52.3 Å². The van der Waals surface area contributed by atoms with E-state index in [9.17, 15) is 32.5 Å². The quantitative estimate of drug-likeness (QED) is 0.0514. The third-order valence-electron chi connectivity index (χ3n) is 10.2. The Hall–Kier alpha value is -2.65. The van der Waals surface area contributed by atoms with Crippen LogP contribution < -0.4 is 10.0 Å². The number of nitrogens with zero attached hydrogens (tertiary/aromatic N) is 2. The van der Waals surface area contributed by atoms with E-state index in [4.69, 9.17) is 20.9 Å². The maximum absolute atomic E-state index is 14.3. The van der Waals surface area contributed by atoms with Gasteiger partial charge in [0, 0.05) is 23.6 Å². The summed E-state index contributed by atoms with van der Waals surface area (Å²) in [6, 6.07) is 11.3. The topological polar surface area (TPSA) is 172 Å². The minimum Gasteiger partial charge on any atom is -0.480 e. The monoisotopic (exact) mass is 826 g/mol. The molecule has 2 unspecified atom stereocenters. The van der Waals surface area contributed by atoms with E-state index < -0.39 is 59.6 Å². The summed E-state index contributed by atoms with van der Waals surface area (Å²) >= 11 is 7.92. The number of hydrogen-bond acceptors (Lipinski definition) is 11. The van der Waals surface area contributed by atoms with Gasteiger partial charge in [0.05, 0.1) is 22.3 Å². The van der Waals surface area contributed by atoms with Gasteiger partial charge in [-0.25, -0.2) is 22.2 Å². The van der Waals surface area contributed by atoms with Gasteiger partial charge in [0.2, 0.25) is 23.3 Å². The number of rotatable bonds is 16. The summed E-state index contributed by atoms with van der Waals surface area (Å²) in [5.41, 5.74) is 0.749. The number of nitrogens with one attached hydrogen (secondary N) is 2. The summed E-state index contributed by atoms with van der Waals surface area (Å²) in [6.07, 6.45) is 5.96. The average Bonchev–Trinajstić information content (AvgIpc) is 3.51. The molecule has 17 heteroatoms. The molecule has 1 aliphatic carbocycles. The first-order chi connectivity index (χ1) is 25.5. The normalized spacial score (nSPS) is 22.8. The molecule has 0 bridgehead atoms. The van der Waals surface area contributed by atoms with Crippen LogP contribution in [-0.2, 0) is 44.8 Å². The van der Waals surface area contributed by atoms with Crippen molar-refractivity contribution in [3.63, 3.8) is 0 Å². The Morgan fingerprint density at radius 2 is 1.81 bits per heavy atom. The molecule has 54 heavy (non-hydrogen) atoms. The fourth-order valence-electron chi connectivity index (χ4n) is 7.30. The van der Waals surface area contributed by atoms with Crippen LogP contribution in [0.2, 0.25) is 5.02 Å². The first kappa shape index (κ1) is 42.5. The molecule has 3 N–H and O–H groups in total. The highest BCUT2D eigenvalue weighted by atomic mass is 35.5. The van der Waals surface area contributed by atoms with Gasteiger partial charge >= 0.3 is 11.9 Å². The number of unbranched alkanes of at least 4 members (excludes halogenated alkanes) is 2. The van der Waals surface area contributed by atoms with Crippen LogP contribution in [0.25, 0.3) is 0 Å². The standard InChI is InChI=1S/C37H52ClN4O9PS2/c1-37(2,3)36(46)50-24-51-52(47,23-34(43)42-29-16-11-10-15-26(29)19-30(42)35(44)45)18-12-6-9-17-33-40-28-20-27(38)32(21-31(28)53-41(33)4)54(48,49)39-22-25-13-7-5-8-14-25/h5,7-8,13-14,20-21,26,29-30,33,39-40H,6,9-12,15-19,22-24H2,1-4H3,(H,44,45)/t26-,29-,30+,33?,52?/m1/s1. The Bertz CT molecular complexity index is 1830. The second-order valence-electron chi connectivity index (χ2n) is 15.4. The van der Waals surface area contributed by atoms with Gasteiger partial charge in [-0.3, -0.25) is 18.7 Å². The van der Waals surface area contributed by atoms with Crippen molar-refractivity contribution in [1.29, 1.82) is 0 Å². The lowest BCUT2D eigenvalue weighted by atomic mass is 9.85. The van der Waals surface area contributed by atoms with Gasteiger partial charge in [-0.15, -0.1) is 0 Å². The number of carboxylic acid groups (broad SMARTS) is 1. The Morgan fingerprint density at radius 3 is 2.52 bits per heavy atom. The molecule has 1 saturated heterocycles. The van der Waals surface area contributed by atoms with E-state index in [1.165, 1.54) is 16.8 Å². The Labute approximate surface area is 327 Å². The zero-order valence-corrected chi connectivity index (χ0v) is 34.6. The number of anilines is 1. The van der Waals surface area contributed by atoms with Crippen LogP contribution in [0.1, 0.15) is 84.1 Å². The molecule has 2 aromatic carbocycles. The zero-order valence-electron chi connectivity index (χ0n) is 31.3. The van der Waals surface area contributed by atoms with E-state index in [0.717, 1.165) is 48.3 Å². The third-order valence-corrected chi connectivity index (χ3v) is 15.5. The van der Waals surface area contributed by atoms with Crippen LogP contribution in [0.5, 0.6) is 0 Å². The largest absolute Gasteiger partial charge is 0.480 e.